The summed E-state index contributed by atoms with van der Waals surface area (Å²) in [4.78, 5) is 31.4. The number of aryl methyl sites for hydroxylation is 1. The molecule has 1 saturated carbocycles. The van der Waals surface area contributed by atoms with E-state index in [1.54, 1.807) is 11.3 Å². The number of rotatable bonds is 6. The standard InChI is InChI=1S/C22H27N3O2S/c1-15-4-2-5-17(12-15)22(27)25-11-3-6-18(13-25)21-24-19(14-28-21)9-10-23-20(26)16-7-8-16/h2,4-5,12,14,16,18H,3,6-11,13H2,1H3,(H,23,26). The normalized spacial score (nSPS) is 19.5. The number of amides is 2. The molecule has 2 amide bonds. The lowest BCUT2D eigenvalue weighted by molar-refractivity contribution is -0.122. The number of nitrogens with zero attached hydrogens (tertiary/aromatic N) is 2. The van der Waals surface area contributed by atoms with Crippen molar-refractivity contribution in [1.29, 1.82) is 0 Å². The summed E-state index contributed by atoms with van der Waals surface area (Å²) in [6.45, 7) is 4.22. The zero-order chi connectivity index (χ0) is 19.5. The molecule has 0 radical (unpaired) electrons. The quantitative estimate of drug-likeness (QED) is 0.811. The summed E-state index contributed by atoms with van der Waals surface area (Å²) >= 11 is 1.68. The van der Waals surface area contributed by atoms with E-state index in [9.17, 15) is 9.59 Å². The number of benzene rings is 1. The van der Waals surface area contributed by atoms with Crippen molar-refractivity contribution in [3.8, 4) is 0 Å². The molecular formula is C22H27N3O2S. The molecule has 4 rings (SSSR count). The van der Waals surface area contributed by atoms with Crippen molar-refractivity contribution in [2.75, 3.05) is 19.6 Å². The van der Waals surface area contributed by atoms with Crippen LogP contribution in [0.3, 0.4) is 0 Å². The fraction of sp³-hybridized carbons (Fsp3) is 0.500. The second kappa shape index (κ2) is 8.43. The highest BCUT2D eigenvalue weighted by Gasteiger charge is 2.29. The van der Waals surface area contributed by atoms with E-state index in [4.69, 9.17) is 4.98 Å². The van der Waals surface area contributed by atoms with Gasteiger partial charge in [-0.2, -0.15) is 0 Å². The van der Waals surface area contributed by atoms with Gasteiger partial charge in [-0.1, -0.05) is 17.7 Å². The van der Waals surface area contributed by atoms with Crippen LogP contribution in [0.25, 0.3) is 0 Å². The Bertz CT molecular complexity index is 859. The zero-order valence-corrected chi connectivity index (χ0v) is 17.1. The minimum Gasteiger partial charge on any atom is -0.355 e. The predicted octanol–water partition coefficient (Wildman–Crippen LogP) is 3.54. The number of hydrogen-bond donors (Lipinski definition) is 1. The Hall–Kier alpha value is -2.21. The molecule has 1 unspecified atom stereocenters. The second-order valence-electron chi connectivity index (χ2n) is 7.95. The molecule has 0 bridgehead atoms. The van der Waals surface area contributed by atoms with Crippen LogP contribution in [0, 0.1) is 12.8 Å². The van der Waals surface area contributed by atoms with Gasteiger partial charge in [0.15, 0.2) is 0 Å². The maximum absolute atomic E-state index is 12.9. The van der Waals surface area contributed by atoms with E-state index in [1.807, 2.05) is 36.1 Å². The van der Waals surface area contributed by atoms with Crippen LogP contribution in [0.2, 0.25) is 0 Å². The largest absolute Gasteiger partial charge is 0.355 e. The number of carbonyl (C=O) groups excluding carboxylic acids is 2. The minimum atomic E-state index is 0.118. The summed E-state index contributed by atoms with van der Waals surface area (Å²) in [6.07, 6.45) is 4.92. The molecule has 2 heterocycles. The molecular weight excluding hydrogens is 370 g/mol. The van der Waals surface area contributed by atoms with Gasteiger partial charge in [0.2, 0.25) is 5.91 Å². The van der Waals surface area contributed by atoms with Crippen LogP contribution in [0.1, 0.15) is 58.2 Å². The van der Waals surface area contributed by atoms with Gasteiger partial charge in [-0.15, -0.1) is 11.3 Å². The third-order valence-electron chi connectivity index (χ3n) is 5.52. The highest BCUT2D eigenvalue weighted by molar-refractivity contribution is 7.09. The van der Waals surface area contributed by atoms with E-state index in [-0.39, 0.29) is 17.7 Å². The first kappa shape index (κ1) is 19.1. The van der Waals surface area contributed by atoms with Crippen molar-refractivity contribution in [2.24, 2.45) is 5.92 Å². The highest BCUT2D eigenvalue weighted by atomic mass is 32.1. The molecule has 1 aliphatic heterocycles. The summed E-state index contributed by atoms with van der Waals surface area (Å²) in [7, 11) is 0. The Balaban J connectivity index is 1.33. The van der Waals surface area contributed by atoms with E-state index >= 15 is 0 Å². The van der Waals surface area contributed by atoms with Crippen LogP contribution in [0.4, 0.5) is 0 Å². The average molecular weight is 398 g/mol. The van der Waals surface area contributed by atoms with Crippen molar-refractivity contribution < 1.29 is 9.59 Å². The Morgan fingerprint density at radius 2 is 2.14 bits per heavy atom. The Morgan fingerprint density at radius 3 is 2.93 bits per heavy atom. The lowest BCUT2D eigenvalue weighted by Gasteiger charge is -2.32. The third kappa shape index (κ3) is 4.61. The van der Waals surface area contributed by atoms with Gasteiger partial charge in [0.25, 0.3) is 5.91 Å². The smallest absolute Gasteiger partial charge is 0.253 e. The molecule has 1 aromatic heterocycles. The average Bonchev–Trinajstić information content (AvgIpc) is 3.46. The number of nitrogens with one attached hydrogen (secondary N) is 1. The first-order chi connectivity index (χ1) is 13.6. The summed E-state index contributed by atoms with van der Waals surface area (Å²) in [5.41, 5.74) is 2.92. The summed E-state index contributed by atoms with van der Waals surface area (Å²) in [5.74, 6) is 0.869. The molecule has 2 aromatic rings. The van der Waals surface area contributed by atoms with Crippen molar-refractivity contribution >= 4 is 23.2 Å². The molecule has 2 aliphatic rings. The predicted molar refractivity (Wildman–Crippen MR) is 111 cm³/mol. The second-order valence-corrected chi connectivity index (χ2v) is 8.84. The van der Waals surface area contributed by atoms with Crippen molar-refractivity contribution in [2.45, 2.75) is 44.9 Å². The van der Waals surface area contributed by atoms with Gasteiger partial charge in [0.1, 0.15) is 0 Å². The van der Waals surface area contributed by atoms with E-state index < -0.39 is 0 Å². The Morgan fingerprint density at radius 1 is 1.29 bits per heavy atom. The topological polar surface area (TPSA) is 62.3 Å². The summed E-state index contributed by atoms with van der Waals surface area (Å²) in [6, 6.07) is 7.82. The number of piperidine rings is 1. The van der Waals surface area contributed by atoms with Crippen LogP contribution >= 0.6 is 11.3 Å². The number of likely N-dealkylation sites (tertiary alicyclic amines) is 1. The van der Waals surface area contributed by atoms with Gasteiger partial charge >= 0.3 is 0 Å². The molecule has 1 saturated heterocycles. The Labute approximate surface area is 170 Å². The lowest BCUT2D eigenvalue weighted by atomic mass is 9.97. The van der Waals surface area contributed by atoms with Gasteiger partial charge in [0.05, 0.1) is 10.7 Å². The molecule has 1 aromatic carbocycles. The fourth-order valence-corrected chi connectivity index (χ4v) is 4.73. The van der Waals surface area contributed by atoms with Gasteiger partial charge < -0.3 is 10.2 Å². The number of hydrogen-bond acceptors (Lipinski definition) is 4. The first-order valence-electron chi connectivity index (χ1n) is 10.2. The van der Waals surface area contributed by atoms with Crippen molar-refractivity contribution in [3.63, 3.8) is 0 Å². The summed E-state index contributed by atoms with van der Waals surface area (Å²) in [5, 5.41) is 6.21. The fourth-order valence-electron chi connectivity index (χ4n) is 3.75. The van der Waals surface area contributed by atoms with Crippen LogP contribution in [-0.4, -0.2) is 41.3 Å². The highest BCUT2D eigenvalue weighted by Crippen LogP contribution is 2.30. The number of thiazole rings is 1. The zero-order valence-electron chi connectivity index (χ0n) is 16.3. The van der Waals surface area contributed by atoms with Crippen molar-refractivity contribution in [1.82, 2.24) is 15.2 Å². The maximum Gasteiger partial charge on any atom is 0.253 e. The molecule has 28 heavy (non-hydrogen) atoms. The SMILES string of the molecule is Cc1cccc(C(=O)N2CCCC(c3nc(CCNC(=O)C4CC4)cs3)C2)c1. The molecule has 2 fully saturated rings. The number of carbonyl (C=O) groups is 2. The molecule has 5 nitrogen and oxygen atoms in total. The number of aromatic nitrogens is 1. The lowest BCUT2D eigenvalue weighted by Crippen LogP contribution is -2.39. The summed E-state index contributed by atoms with van der Waals surface area (Å²) < 4.78 is 0. The van der Waals surface area contributed by atoms with Gasteiger partial charge in [-0.25, -0.2) is 4.98 Å². The third-order valence-corrected chi connectivity index (χ3v) is 6.58. The first-order valence-corrected chi connectivity index (χ1v) is 11.1. The van der Waals surface area contributed by atoms with Gasteiger partial charge in [0, 0.05) is 48.8 Å². The molecule has 1 N–H and O–H groups in total. The van der Waals surface area contributed by atoms with E-state index in [0.717, 1.165) is 67.0 Å². The van der Waals surface area contributed by atoms with E-state index in [2.05, 4.69) is 10.7 Å². The van der Waals surface area contributed by atoms with Crippen LogP contribution in [-0.2, 0) is 11.2 Å². The van der Waals surface area contributed by atoms with E-state index in [1.165, 1.54) is 0 Å². The van der Waals surface area contributed by atoms with Crippen LogP contribution in [0.15, 0.2) is 29.6 Å². The monoisotopic (exact) mass is 397 g/mol. The molecule has 0 spiro atoms. The minimum absolute atomic E-state index is 0.118. The van der Waals surface area contributed by atoms with Crippen LogP contribution < -0.4 is 5.32 Å². The van der Waals surface area contributed by atoms with Crippen molar-refractivity contribution in [3.05, 3.63) is 51.5 Å². The molecule has 148 valence electrons. The van der Waals surface area contributed by atoms with Gasteiger partial charge in [-0.05, 0) is 44.7 Å². The molecule has 1 aliphatic carbocycles. The Kier molecular flexibility index (Phi) is 5.76. The molecule has 6 heteroatoms. The maximum atomic E-state index is 12.9. The molecule has 1 atom stereocenters. The van der Waals surface area contributed by atoms with E-state index in [0.29, 0.717) is 12.5 Å². The van der Waals surface area contributed by atoms with Crippen LogP contribution in [0.5, 0.6) is 0 Å². The van der Waals surface area contributed by atoms with Gasteiger partial charge in [-0.3, -0.25) is 9.59 Å².